The highest BCUT2D eigenvalue weighted by Gasteiger charge is 2.15. The third kappa shape index (κ3) is 13.3. The van der Waals surface area contributed by atoms with Crippen molar-refractivity contribution >= 4 is 6.29 Å². The molecule has 0 fully saturated rings. The third-order valence-corrected chi connectivity index (χ3v) is 4.50. The Labute approximate surface area is 176 Å². The Balaban J connectivity index is 4.92. The molecule has 0 saturated carbocycles. The summed E-state index contributed by atoms with van der Waals surface area (Å²) < 4.78 is 0. The van der Waals surface area contributed by atoms with Crippen molar-refractivity contribution in [2.24, 2.45) is 0 Å². The van der Waals surface area contributed by atoms with Crippen molar-refractivity contribution in [3.63, 3.8) is 0 Å². The van der Waals surface area contributed by atoms with Gasteiger partial charge in [-0.2, -0.15) is 0 Å². The van der Waals surface area contributed by atoms with Crippen LogP contribution in [0.2, 0.25) is 0 Å². The molecule has 0 aromatic heterocycles. The van der Waals surface area contributed by atoms with E-state index in [9.17, 15) is 35.1 Å². The fourth-order valence-electron chi connectivity index (χ4n) is 2.77. The maximum Gasteiger partial charge on any atom is 0.246 e. The molecule has 0 saturated heterocycles. The van der Waals surface area contributed by atoms with Gasteiger partial charge in [-0.05, 0) is 43.9 Å². The molecule has 0 spiro atoms. The second-order valence-electron chi connectivity index (χ2n) is 6.87. The molecule has 0 aliphatic rings. The van der Waals surface area contributed by atoms with Gasteiger partial charge in [-0.1, -0.05) is 32.6 Å². The average molecular weight is 425 g/mol. The molecule has 0 radical (unpaired) electrons. The van der Waals surface area contributed by atoms with Gasteiger partial charge in [0.15, 0.2) is 0 Å². The van der Waals surface area contributed by atoms with Crippen LogP contribution in [-0.4, -0.2) is 21.1 Å². The fourth-order valence-corrected chi connectivity index (χ4v) is 2.77. The quantitative estimate of drug-likeness (QED) is 0.124. The van der Waals surface area contributed by atoms with Crippen LogP contribution in [0.4, 0.5) is 0 Å². The molecule has 0 aromatic rings. The average Bonchev–Trinajstić information content (AvgIpc) is 2.69. The maximum absolute atomic E-state index is 11.2. The Morgan fingerprint density at radius 1 is 0.700 bits per heavy atom. The number of hydrogen-bond donors (Lipinski definition) is 0. The predicted molar refractivity (Wildman–Crippen MR) is 112 cm³/mol. The number of carbonyl (C=O) groups is 1. The van der Waals surface area contributed by atoms with Crippen molar-refractivity contribution in [1.29, 1.82) is 0 Å². The number of nitrogens with zero attached hydrogens (tertiary/aromatic N) is 3. The van der Waals surface area contributed by atoms with Crippen molar-refractivity contribution < 1.29 is 19.6 Å². The van der Waals surface area contributed by atoms with Gasteiger partial charge in [0, 0.05) is 19.3 Å². The van der Waals surface area contributed by atoms with Crippen molar-refractivity contribution in [3.05, 3.63) is 65.7 Å². The molecule has 0 aliphatic heterocycles. The number of hydrogen-bond acceptors (Lipinski definition) is 7. The van der Waals surface area contributed by atoms with Gasteiger partial charge < -0.3 is 4.79 Å². The zero-order valence-corrected chi connectivity index (χ0v) is 17.5. The molecule has 0 aromatic carbocycles. The summed E-state index contributed by atoms with van der Waals surface area (Å²) in [5, 5.41) is 33.4. The first-order chi connectivity index (χ1) is 14.3. The monoisotopic (exact) mass is 425 g/mol. The lowest BCUT2D eigenvalue weighted by molar-refractivity contribution is -0.432. The molecule has 168 valence electrons. The first kappa shape index (κ1) is 27.1. The topological polar surface area (TPSA) is 146 Å². The largest absolute Gasteiger partial charge is 0.303 e. The minimum absolute atomic E-state index is 0.00887. The van der Waals surface area contributed by atoms with Gasteiger partial charge in [-0.3, -0.25) is 30.3 Å². The van der Waals surface area contributed by atoms with E-state index in [2.05, 4.69) is 0 Å². The smallest absolute Gasteiger partial charge is 0.246 e. The number of nitro groups is 3. The minimum atomic E-state index is -0.618. The molecule has 0 unspecified atom stereocenters. The predicted octanol–water partition coefficient (Wildman–Crippen LogP) is 5.37. The highest BCUT2D eigenvalue weighted by molar-refractivity contribution is 5.48. The molecule has 0 aliphatic carbocycles. The summed E-state index contributed by atoms with van der Waals surface area (Å²) in [6, 6.07) is 0. The van der Waals surface area contributed by atoms with Crippen molar-refractivity contribution in [3.8, 4) is 0 Å². The minimum Gasteiger partial charge on any atom is -0.303 e. The number of carbonyl (C=O) groups excluding carboxylic acids is 1. The van der Waals surface area contributed by atoms with E-state index in [0.717, 1.165) is 38.4 Å². The molecule has 0 bridgehead atoms. The third-order valence-electron chi connectivity index (χ3n) is 4.50. The number of unbranched alkanes of at least 4 members (excludes halogenated alkanes) is 6. The zero-order valence-electron chi connectivity index (χ0n) is 17.5. The maximum atomic E-state index is 11.2. The lowest BCUT2D eigenvalue weighted by Crippen LogP contribution is -2.02. The van der Waals surface area contributed by atoms with Gasteiger partial charge in [-0.25, -0.2) is 0 Å². The zero-order chi connectivity index (χ0) is 22.8. The number of aldehydes is 1. The second-order valence-corrected chi connectivity index (χ2v) is 6.87. The van der Waals surface area contributed by atoms with E-state index < -0.39 is 14.8 Å². The first-order valence-corrected chi connectivity index (χ1v) is 10.3. The Morgan fingerprint density at radius 2 is 1.20 bits per heavy atom. The first-order valence-electron chi connectivity index (χ1n) is 10.3. The standard InChI is InChI=1S/C20H31N3O7/c1-2-3-7-11-19(22(27)28)15-16-20(23(29)30)14-10-13-18(21(25)26)12-8-5-4-6-9-17-24/h13-15,17H,2-12,16H2,1H3/b18-13+,19-15+,20-14+. The van der Waals surface area contributed by atoms with Crippen molar-refractivity contribution in [2.45, 2.75) is 84.0 Å². The van der Waals surface area contributed by atoms with Crippen LogP contribution in [0.3, 0.4) is 0 Å². The summed E-state index contributed by atoms with van der Waals surface area (Å²) in [7, 11) is 0. The van der Waals surface area contributed by atoms with Gasteiger partial charge in [0.05, 0.1) is 21.2 Å². The second kappa shape index (κ2) is 17.0. The number of rotatable bonds is 18. The van der Waals surface area contributed by atoms with Crippen LogP contribution in [0, 0.1) is 30.3 Å². The van der Waals surface area contributed by atoms with Gasteiger partial charge in [-0.15, -0.1) is 0 Å². The highest BCUT2D eigenvalue weighted by atomic mass is 16.6. The van der Waals surface area contributed by atoms with Crippen LogP contribution in [-0.2, 0) is 4.79 Å². The molecule has 10 heteroatoms. The molecule has 0 atom stereocenters. The molecular weight excluding hydrogens is 394 g/mol. The molecule has 10 nitrogen and oxygen atoms in total. The summed E-state index contributed by atoms with van der Waals surface area (Å²) >= 11 is 0. The summed E-state index contributed by atoms with van der Waals surface area (Å²) in [5.41, 5.74) is -0.282. The van der Waals surface area contributed by atoms with Crippen LogP contribution in [0.25, 0.3) is 0 Å². The summed E-state index contributed by atoms with van der Waals surface area (Å²) in [6.45, 7) is 1.98. The molecule has 0 N–H and O–H groups in total. The van der Waals surface area contributed by atoms with Crippen molar-refractivity contribution in [2.75, 3.05) is 0 Å². The Bertz CT molecular complexity index is 669. The van der Waals surface area contributed by atoms with E-state index in [1.54, 1.807) is 0 Å². The molecule has 0 rings (SSSR count). The van der Waals surface area contributed by atoms with E-state index in [4.69, 9.17) is 0 Å². The molecule has 0 amide bonds. The highest BCUT2D eigenvalue weighted by Crippen LogP contribution is 2.16. The van der Waals surface area contributed by atoms with Gasteiger partial charge in [0.2, 0.25) is 17.1 Å². The van der Waals surface area contributed by atoms with Gasteiger partial charge >= 0.3 is 0 Å². The van der Waals surface area contributed by atoms with E-state index in [0.29, 0.717) is 19.3 Å². The fraction of sp³-hybridized carbons (Fsp3) is 0.650. The Kier molecular flexibility index (Phi) is 15.3. The summed E-state index contributed by atoms with van der Waals surface area (Å²) in [5.74, 6) is 0. The summed E-state index contributed by atoms with van der Waals surface area (Å²) in [4.78, 5) is 42.0. The van der Waals surface area contributed by atoms with E-state index >= 15 is 0 Å². The van der Waals surface area contributed by atoms with Gasteiger partial charge in [0.25, 0.3) is 0 Å². The van der Waals surface area contributed by atoms with Crippen LogP contribution >= 0.6 is 0 Å². The lowest BCUT2D eigenvalue weighted by Gasteiger charge is -2.00. The normalized spacial score (nSPS) is 12.6. The lowest BCUT2D eigenvalue weighted by atomic mass is 10.1. The number of allylic oxidation sites excluding steroid dienone is 5. The van der Waals surface area contributed by atoms with E-state index in [1.165, 1.54) is 18.2 Å². The Morgan fingerprint density at radius 3 is 1.73 bits per heavy atom. The van der Waals surface area contributed by atoms with Gasteiger partial charge in [0.1, 0.15) is 6.29 Å². The van der Waals surface area contributed by atoms with Crippen molar-refractivity contribution in [1.82, 2.24) is 0 Å². The Hall–Kier alpha value is -2.91. The molecule has 0 heterocycles. The molecule has 30 heavy (non-hydrogen) atoms. The van der Waals surface area contributed by atoms with Crippen LogP contribution < -0.4 is 0 Å². The van der Waals surface area contributed by atoms with Crippen LogP contribution in [0.15, 0.2) is 35.3 Å². The summed E-state index contributed by atoms with van der Waals surface area (Å²) in [6.07, 6.45) is 10.8. The van der Waals surface area contributed by atoms with Crippen LogP contribution in [0.1, 0.15) is 84.0 Å². The van der Waals surface area contributed by atoms with Crippen LogP contribution in [0.5, 0.6) is 0 Å². The molecular formula is C20H31N3O7. The SMILES string of the molecule is CCCCC/C(=C\C/C(=C\C/C=C(\CCCCCCC=O)[N+](=O)[O-])[N+](=O)[O-])[N+](=O)[O-]. The van der Waals surface area contributed by atoms with E-state index in [1.807, 2.05) is 6.92 Å². The van der Waals surface area contributed by atoms with E-state index in [-0.39, 0.29) is 42.8 Å².